The molecule has 0 amide bonds. The minimum absolute atomic E-state index is 0.374. The van der Waals surface area contributed by atoms with Gasteiger partial charge in [-0.25, -0.2) is 15.0 Å². The van der Waals surface area contributed by atoms with E-state index in [2.05, 4.69) is 66.2 Å². The molecular formula is C31H42N8O2S. The quantitative estimate of drug-likeness (QED) is 0.310. The smallest absolute Gasteiger partial charge is 0.173 e. The predicted molar refractivity (Wildman–Crippen MR) is 171 cm³/mol. The molecule has 3 aliphatic heterocycles. The highest BCUT2D eigenvalue weighted by molar-refractivity contribution is 7.80. The van der Waals surface area contributed by atoms with Gasteiger partial charge in [0.05, 0.1) is 42.9 Å². The summed E-state index contributed by atoms with van der Waals surface area (Å²) in [5, 5.41) is 5.25. The molecule has 0 radical (unpaired) electrons. The van der Waals surface area contributed by atoms with Crippen molar-refractivity contribution in [2.75, 3.05) is 96.0 Å². The molecule has 2 aromatic heterocycles. The van der Waals surface area contributed by atoms with Crippen LogP contribution >= 0.6 is 12.2 Å². The van der Waals surface area contributed by atoms with Crippen LogP contribution < -0.4 is 15.0 Å². The third kappa shape index (κ3) is 7.26. The Morgan fingerprint density at radius 1 is 0.976 bits per heavy atom. The van der Waals surface area contributed by atoms with Gasteiger partial charge in [0.1, 0.15) is 17.9 Å². The van der Waals surface area contributed by atoms with E-state index in [0.717, 1.165) is 137 Å². The number of aromatic nitrogens is 3. The number of fused-ring (bicyclic) bond motifs is 1. The third-order valence-corrected chi connectivity index (χ3v) is 8.99. The number of thiocarbonyl (C=S) groups is 1. The van der Waals surface area contributed by atoms with Gasteiger partial charge in [-0.05, 0) is 62.8 Å². The van der Waals surface area contributed by atoms with Crippen molar-refractivity contribution in [3.8, 4) is 5.75 Å². The number of rotatable bonds is 8. The SMILES string of the molecule is CN1CCN(CCCOc2ccc3c(C4CCN(C(=S)Nc5ccc(N6CCOCC6)nc5)CC4)ncnc3c2)CC1. The van der Waals surface area contributed by atoms with Crippen LogP contribution in [-0.4, -0.2) is 121 Å². The fraction of sp³-hybridized carbons (Fsp3) is 0.548. The van der Waals surface area contributed by atoms with Gasteiger partial charge in [0.2, 0.25) is 0 Å². The highest BCUT2D eigenvalue weighted by Gasteiger charge is 2.25. The molecule has 3 saturated heterocycles. The van der Waals surface area contributed by atoms with Crippen LogP contribution in [-0.2, 0) is 4.74 Å². The Hall–Kier alpha value is -3.12. The summed E-state index contributed by atoms with van der Waals surface area (Å²) in [5.74, 6) is 2.23. The van der Waals surface area contributed by atoms with Crippen molar-refractivity contribution in [3.05, 3.63) is 48.5 Å². The van der Waals surface area contributed by atoms with Gasteiger partial charge < -0.3 is 34.4 Å². The molecule has 42 heavy (non-hydrogen) atoms. The van der Waals surface area contributed by atoms with Crippen molar-refractivity contribution in [1.29, 1.82) is 0 Å². The van der Waals surface area contributed by atoms with Gasteiger partial charge in [-0.3, -0.25) is 0 Å². The van der Waals surface area contributed by atoms with Crippen molar-refractivity contribution >= 4 is 39.7 Å². The first kappa shape index (κ1) is 29.0. The van der Waals surface area contributed by atoms with Gasteiger partial charge in [0.15, 0.2) is 5.11 Å². The second-order valence-corrected chi connectivity index (χ2v) is 11.9. The molecule has 11 heteroatoms. The summed E-state index contributed by atoms with van der Waals surface area (Å²) in [7, 11) is 2.19. The van der Waals surface area contributed by atoms with Crippen molar-refractivity contribution in [1.82, 2.24) is 29.7 Å². The van der Waals surface area contributed by atoms with E-state index < -0.39 is 0 Å². The number of hydrogen-bond donors (Lipinski definition) is 1. The maximum absolute atomic E-state index is 6.10. The molecule has 0 spiro atoms. The average Bonchev–Trinajstić information content (AvgIpc) is 3.04. The van der Waals surface area contributed by atoms with Crippen LogP contribution in [0.25, 0.3) is 10.9 Å². The van der Waals surface area contributed by atoms with Crippen LogP contribution in [0.15, 0.2) is 42.9 Å². The molecule has 0 atom stereocenters. The lowest BCUT2D eigenvalue weighted by Gasteiger charge is -2.34. The number of likely N-dealkylation sites (tertiary alicyclic amines) is 1. The van der Waals surface area contributed by atoms with Gasteiger partial charge >= 0.3 is 0 Å². The van der Waals surface area contributed by atoms with Crippen LogP contribution in [0.5, 0.6) is 5.75 Å². The number of nitrogens with one attached hydrogen (secondary N) is 1. The Morgan fingerprint density at radius 3 is 2.55 bits per heavy atom. The van der Waals surface area contributed by atoms with E-state index in [9.17, 15) is 0 Å². The molecule has 1 N–H and O–H groups in total. The Labute approximate surface area is 254 Å². The summed E-state index contributed by atoms with van der Waals surface area (Å²) in [5.41, 5.74) is 2.99. The number of nitrogens with zero attached hydrogens (tertiary/aromatic N) is 7. The molecule has 3 aromatic rings. The molecule has 0 aliphatic carbocycles. The molecule has 5 heterocycles. The lowest BCUT2D eigenvalue weighted by atomic mass is 9.91. The molecule has 224 valence electrons. The van der Waals surface area contributed by atoms with Gasteiger partial charge in [0, 0.05) is 76.3 Å². The number of hydrogen-bond acceptors (Lipinski definition) is 9. The van der Waals surface area contributed by atoms with Crippen molar-refractivity contribution in [3.63, 3.8) is 0 Å². The second-order valence-electron chi connectivity index (χ2n) is 11.5. The molecule has 10 nitrogen and oxygen atoms in total. The highest BCUT2D eigenvalue weighted by atomic mass is 32.1. The molecule has 0 bridgehead atoms. The van der Waals surface area contributed by atoms with E-state index in [1.165, 1.54) is 0 Å². The lowest BCUT2D eigenvalue weighted by Crippen LogP contribution is -2.44. The number of morpholine rings is 1. The minimum atomic E-state index is 0.374. The first-order chi connectivity index (χ1) is 20.6. The zero-order valence-corrected chi connectivity index (χ0v) is 25.4. The topological polar surface area (TPSA) is 82.1 Å². The predicted octanol–water partition coefficient (Wildman–Crippen LogP) is 3.45. The third-order valence-electron chi connectivity index (χ3n) is 8.63. The van der Waals surface area contributed by atoms with E-state index >= 15 is 0 Å². The Kier molecular flexibility index (Phi) is 9.59. The van der Waals surface area contributed by atoms with Crippen molar-refractivity contribution in [2.45, 2.75) is 25.2 Å². The van der Waals surface area contributed by atoms with Crippen molar-refractivity contribution < 1.29 is 9.47 Å². The number of ether oxygens (including phenoxy) is 2. The van der Waals surface area contributed by atoms with Crippen LogP contribution in [0.1, 0.15) is 30.9 Å². The van der Waals surface area contributed by atoms with Crippen LogP contribution in [0.3, 0.4) is 0 Å². The zero-order chi connectivity index (χ0) is 28.7. The van der Waals surface area contributed by atoms with Crippen LogP contribution in [0.2, 0.25) is 0 Å². The number of anilines is 2. The van der Waals surface area contributed by atoms with Gasteiger partial charge in [-0.15, -0.1) is 0 Å². The Morgan fingerprint density at radius 2 is 1.79 bits per heavy atom. The number of piperazine rings is 1. The molecule has 0 saturated carbocycles. The fourth-order valence-electron chi connectivity index (χ4n) is 6.02. The Bertz CT molecular complexity index is 1320. The monoisotopic (exact) mass is 590 g/mol. The molecule has 1 aromatic carbocycles. The van der Waals surface area contributed by atoms with Gasteiger partial charge in [0.25, 0.3) is 0 Å². The highest BCUT2D eigenvalue weighted by Crippen LogP contribution is 2.32. The first-order valence-corrected chi connectivity index (χ1v) is 15.7. The van der Waals surface area contributed by atoms with E-state index in [1.54, 1.807) is 6.33 Å². The number of pyridine rings is 1. The summed E-state index contributed by atoms with van der Waals surface area (Å²) in [6.45, 7) is 11.4. The summed E-state index contributed by atoms with van der Waals surface area (Å²) in [4.78, 5) is 23.3. The number of piperidine rings is 1. The molecular weight excluding hydrogens is 548 g/mol. The lowest BCUT2D eigenvalue weighted by molar-refractivity contribution is 0.122. The van der Waals surface area contributed by atoms with Crippen molar-refractivity contribution in [2.24, 2.45) is 0 Å². The Balaban J connectivity index is 0.984. The molecule has 0 unspecified atom stereocenters. The molecule has 3 fully saturated rings. The van der Waals surface area contributed by atoms with E-state index in [1.807, 2.05) is 12.3 Å². The first-order valence-electron chi connectivity index (χ1n) is 15.3. The second kappa shape index (κ2) is 13.9. The normalized spacial score (nSPS) is 19.3. The maximum Gasteiger partial charge on any atom is 0.173 e. The van der Waals surface area contributed by atoms with Gasteiger partial charge in [-0.2, -0.15) is 0 Å². The summed E-state index contributed by atoms with van der Waals surface area (Å²) < 4.78 is 11.5. The number of benzene rings is 1. The summed E-state index contributed by atoms with van der Waals surface area (Å²) in [6, 6.07) is 10.4. The van der Waals surface area contributed by atoms with Crippen LogP contribution in [0.4, 0.5) is 11.5 Å². The summed E-state index contributed by atoms with van der Waals surface area (Å²) in [6.07, 6.45) is 6.57. The molecule has 3 aliphatic rings. The largest absolute Gasteiger partial charge is 0.493 e. The van der Waals surface area contributed by atoms with E-state index in [-0.39, 0.29) is 0 Å². The standard InChI is InChI=1S/C31H42N8O2S/c1-36-12-14-37(15-13-36)9-2-18-41-26-4-5-27-28(21-26)33-23-34-30(27)24-7-10-39(11-8-24)31(42)35-25-3-6-29(32-22-25)38-16-19-40-20-17-38/h3-6,21-24H,2,7-20H2,1H3,(H,35,42). The van der Waals surface area contributed by atoms with Gasteiger partial charge in [-0.1, -0.05) is 0 Å². The minimum Gasteiger partial charge on any atom is -0.493 e. The average molecular weight is 591 g/mol. The van der Waals surface area contributed by atoms with E-state index in [0.29, 0.717) is 5.92 Å². The van der Waals surface area contributed by atoms with Crippen LogP contribution in [0, 0.1) is 0 Å². The number of likely N-dealkylation sites (N-methyl/N-ethyl adjacent to an activating group) is 1. The maximum atomic E-state index is 6.10. The fourth-order valence-corrected chi connectivity index (χ4v) is 6.32. The zero-order valence-electron chi connectivity index (χ0n) is 24.6. The van der Waals surface area contributed by atoms with E-state index in [4.69, 9.17) is 26.7 Å². The molecule has 6 rings (SSSR count). The summed E-state index contributed by atoms with van der Waals surface area (Å²) >= 11 is 5.76.